The van der Waals surface area contributed by atoms with Gasteiger partial charge in [0.15, 0.2) is 0 Å². The van der Waals surface area contributed by atoms with Crippen LogP contribution < -0.4 is 0 Å². The van der Waals surface area contributed by atoms with Gasteiger partial charge in [0.2, 0.25) is 0 Å². The van der Waals surface area contributed by atoms with E-state index in [0.29, 0.717) is 0 Å². The number of para-hydroxylation sites is 1. The normalized spacial score (nSPS) is 11.3. The Morgan fingerprint density at radius 1 is 0.367 bits per heavy atom. The van der Waals surface area contributed by atoms with Crippen LogP contribution in [0.1, 0.15) is 0 Å². The van der Waals surface area contributed by atoms with Crippen LogP contribution in [0.3, 0.4) is 0 Å². The highest BCUT2D eigenvalue weighted by atomic mass is 16.3. The summed E-state index contributed by atoms with van der Waals surface area (Å²) in [5.41, 5.74) is 14.5. The highest BCUT2D eigenvalue weighted by molar-refractivity contribution is 6.19. The van der Waals surface area contributed by atoms with Gasteiger partial charge in [0.1, 0.15) is 11.2 Å². The van der Waals surface area contributed by atoms with Crippen molar-refractivity contribution in [3.8, 4) is 66.9 Å². The first-order valence-corrected chi connectivity index (χ1v) is 16.4. The fraction of sp³-hybridized carbons (Fsp3) is 0. The molecule has 0 saturated heterocycles. The zero-order chi connectivity index (χ0) is 32.6. The largest absolute Gasteiger partial charge is 0.456 e. The van der Waals surface area contributed by atoms with E-state index in [-0.39, 0.29) is 0 Å². The first-order chi connectivity index (χ1) is 24.3. The number of rotatable bonds is 6. The van der Waals surface area contributed by atoms with Crippen molar-refractivity contribution in [2.75, 3.05) is 0 Å². The average Bonchev–Trinajstić information content (AvgIpc) is 3.57. The maximum Gasteiger partial charge on any atom is 0.136 e. The van der Waals surface area contributed by atoms with Crippen LogP contribution >= 0.6 is 0 Å². The quantitative estimate of drug-likeness (QED) is 0.184. The summed E-state index contributed by atoms with van der Waals surface area (Å²) >= 11 is 0. The number of fused-ring (bicyclic) bond motifs is 3. The second-order valence-corrected chi connectivity index (χ2v) is 12.0. The third-order valence-corrected chi connectivity index (χ3v) is 9.23. The van der Waals surface area contributed by atoms with Crippen molar-refractivity contribution in [3.63, 3.8) is 0 Å². The molecule has 0 aliphatic heterocycles. The van der Waals surface area contributed by atoms with E-state index in [1.807, 2.05) is 18.2 Å². The van der Waals surface area contributed by atoms with Crippen LogP contribution in [0, 0.1) is 0 Å². The molecular weight excluding hydrogens is 599 g/mol. The van der Waals surface area contributed by atoms with Gasteiger partial charge < -0.3 is 4.42 Å². The first-order valence-electron chi connectivity index (χ1n) is 16.4. The average molecular weight is 628 g/mol. The van der Waals surface area contributed by atoms with E-state index in [0.717, 1.165) is 88.8 Å². The molecule has 7 aromatic carbocycles. The summed E-state index contributed by atoms with van der Waals surface area (Å²) in [6.07, 6.45) is 1.72. The number of hydrogen-bond acceptors (Lipinski definition) is 4. The molecule has 0 saturated carbocycles. The molecule has 9 aromatic rings. The minimum atomic E-state index is 0.744. The molecule has 2 heterocycles. The van der Waals surface area contributed by atoms with Crippen LogP contribution in [0.15, 0.2) is 180 Å². The maximum absolute atomic E-state index is 6.54. The number of furan rings is 1. The Bertz CT molecular complexity index is 2580. The zero-order valence-electron chi connectivity index (χ0n) is 26.5. The van der Waals surface area contributed by atoms with Gasteiger partial charge >= 0.3 is 0 Å². The molecule has 2 aromatic heterocycles. The Labute approximate surface area is 284 Å². The highest BCUT2D eigenvalue weighted by Gasteiger charge is 2.26. The van der Waals surface area contributed by atoms with E-state index >= 15 is 0 Å². The molecule has 0 bridgehead atoms. The van der Waals surface area contributed by atoms with Crippen LogP contribution in [0.4, 0.5) is 0 Å². The molecule has 9 rings (SSSR count). The van der Waals surface area contributed by atoms with E-state index < -0.39 is 0 Å². The van der Waals surface area contributed by atoms with Crippen LogP contribution in [0.25, 0.3) is 88.8 Å². The van der Waals surface area contributed by atoms with Crippen molar-refractivity contribution in [3.05, 3.63) is 176 Å². The number of nitrogens with zero attached hydrogens (tertiary/aromatic N) is 3. The van der Waals surface area contributed by atoms with Crippen molar-refractivity contribution in [2.24, 2.45) is 0 Å². The molecule has 4 heteroatoms. The van der Waals surface area contributed by atoms with E-state index in [4.69, 9.17) is 4.42 Å². The van der Waals surface area contributed by atoms with Crippen LogP contribution in [-0.4, -0.2) is 15.4 Å². The summed E-state index contributed by atoms with van der Waals surface area (Å²) in [6.45, 7) is 0. The molecule has 0 radical (unpaired) electrons. The monoisotopic (exact) mass is 627 g/mol. The van der Waals surface area contributed by atoms with Gasteiger partial charge in [0, 0.05) is 21.9 Å². The number of aromatic nitrogens is 3. The Kier molecular flexibility index (Phi) is 7.10. The first kappa shape index (κ1) is 28.6. The van der Waals surface area contributed by atoms with Crippen molar-refractivity contribution in [2.45, 2.75) is 0 Å². The third kappa shape index (κ3) is 4.98. The Morgan fingerprint density at radius 3 is 1.67 bits per heavy atom. The van der Waals surface area contributed by atoms with Crippen LogP contribution in [-0.2, 0) is 0 Å². The topological polar surface area (TPSA) is 51.8 Å². The van der Waals surface area contributed by atoms with Gasteiger partial charge in [-0.3, -0.25) is 0 Å². The minimum absolute atomic E-state index is 0.744. The molecule has 0 N–H and O–H groups in total. The van der Waals surface area contributed by atoms with Gasteiger partial charge in [0.05, 0.1) is 11.9 Å². The number of benzene rings is 7. The molecule has 0 unspecified atom stereocenters. The molecule has 0 spiro atoms. The standard InChI is InChI=1S/C45H29N3O/c1-4-14-30(15-5-1)33-20-10-11-21-35(33)36-26-27-41-45(37-22-12-13-23-40(37)49-41)43(36)38-25-24-34(31-16-6-2-7-17-31)42(32-18-8-3-9-19-32)44(38)39-28-29-46-48-47-39/h1-29H. The van der Waals surface area contributed by atoms with E-state index in [1.165, 1.54) is 0 Å². The van der Waals surface area contributed by atoms with Gasteiger partial charge in [0.25, 0.3) is 0 Å². The Balaban J connectivity index is 1.47. The summed E-state index contributed by atoms with van der Waals surface area (Å²) in [4.78, 5) is 0. The lowest BCUT2D eigenvalue weighted by Gasteiger charge is -2.22. The molecule has 0 amide bonds. The molecular formula is C45H29N3O. The predicted molar refractivity (Wildman–Crippen MR) is 200 cm³/mol. The molecule has 0 aliphatic carbocycles. The predicted octanol–water partition coefficient (Wildman–Crippen LogP) is 11.8. The fourth-order valence-electron chi connectivity index (χ4n) is 7.12. The van der Waals surface area contributed by atoms with Crippen molar-refractivity contribution >= 4 is 21.9 Å². The molecule has 4 nitrogen and oxygen atoms in total. The van der Waals surface area contributed by atoms with Gasteiger partial charge in [-0.05, 0) is 79.5 Å². The van der Waals surface area contributed by atoms with E-state index in [1.54, 1.807) is 6.20 Å². The third-order valence-electron chi connectivity index (χ3n) is 9.23. The SMILES string of the molecule is c1ccc(-c2ccccc2-c2ccc3oc4ccccc4c3c2-c2ccc(-c3ccccc3)c(-c3ccccc3)c2-c2ccnnn2)cc1. The smallest absolute Gasteiger partial charge is 0.136 e. The van der Waals surface area contributed by atoms with Gasteiger partial charge in [-0.15, -0.1) is 10.2 Å². The summed E-state index contributed by atoms with van der Waals surface area (Å²) in [5.74, 6) is 0. The second-order valence-electron chi connectivity index (χ2n) is 12.0. The molecule has 230 valence electrons. The summed E-state index contributed by atoms with van der Waals surface area (Å²) in [6, 6.07) is 59.4. The Hall–Kier alpha value is -6.65. The van der Waals surface area contributed by atoms with Crippen molar-refractivity contribution in [1.29, 1.82) is 0 Å². The summed E-state index contributed by atoms with van der Waals surface area (Å²) in [5, 5.41) is 15.0. The van der Waals surface area contributed by atoms with E-state index in [2.05, 4.69) is 167 Å². The van der Waals surface area contributed by atoms with Crippen molar-refractivity contribution < 1.29 is 4.42 Å². The highest BCUT2D eigenvalue weighted by Crippen LogP contribution is 2.51. The zero-order valence-corrected chi connectivity index (χ0v) is 26.5. The fourth-order valence-corrected chi connectivity index (χ4v) is 7.12. The van der Waals surface area contributed by atoms with Gasteiger partial charge in [-0.1, -0.05) is 146 Å². The second kappa shape index (κ2) is 12.2. The lowest BCUT2D eigenvalue weighted by molar-refractivity contribution is 0.669. The molecule has 0 aliphatic rings. The van der Waals surface area contributed by atoms with Crippen LogP contribution in [0.5, 0.6) is 0 Å². The van der Waals surface area contributed by atoms with E-state index in [9.17, 15) is 0 Å². The molecule has 0 atom stereocenters. The van der Waals surface area contributed by atoms with Crippen molar-refractivity contribution in [1.82, 2.24) is 15.4 Å². The minimum Gasteiger partial charge on any atom is -0.456 e. The maximum atomic E-state index is 6.54. The lowest BCUT2D eigenvalue weighted by atomic mass is 9.80. The molecule has 0 fully saturated rings. The Morgan fingerprint density at radius 2 is 0.959 bits per heavy atom. The van der Waals surface area contributed by atoms with Gasteiger partial charge in [-0.25, -0.2) is 0 Å². The summed E-state index contributed by atoms with van der Waals surface area (Å²) in [7, 11) is 0. The van der Waals surface area contributed by atoms with Crippen LogP contribution in [0.2, 0.25) is 0 Å². The molecule has 49 heavy (non-hydrogen) atoms. The summed E-state index contributed by atoms with van der Waals surface area (Å²) < 4.78 is 6.54. The number of hydrogen-bond donors (Lipinski definition) is 0. The lowest BCUT2D eigenvalue weighted by Crippen LogP contribution is -1.99. The van der Waals surface area contributed by atoms with Gasteiger partial charge in [-0.2, -0.15) is 0 Å².